The molecule has 3 rings (SSSR count). The Balaban J connectivity index is 1.53. The fourth-order valence-corrected chi connectivity index (χ4v) is 5.39. The third-order valence-corrected chi connectivity index (χ3v) is 7.31. The van der Waals surface area contributed by atoms with E-state index in [4.69, 9.17) is 16.3 Å². The molecule has 2 aliphatic heterocycles. The summed E-state index contributed by atoms with van der Waals surface area (Å²) in [6, 6.07) is 5.43. The second-order valence-corrected chi connectivity index (χ2v) is 9.31. The SMILES string of the molecule is O=C(NCCC[NH+]1CCOCC1)[C@H]1CCCN1S(=O)(=O)c1ccc(Cl)cc1. The molecule has 0 radical (unpaired) electrons. The van der Waals surface area contributed by atoms with Gasteiger partial charge >= 0.3 is 0 Å². The summed E-state index contributed by atoms with van der Waals surface area (Å²) in [5.74, 6) is -0.206. The zero-order chi connectivity index (χ0) is 19.3. The number of nitrogens with one attached hydrogen (secondary N) is 2. The first-order valence-corrected chi connectivity index (χ1v) is 11.3. The minimum Gasteiger partial charge on any atom is -0.370 e. The maximum Gasteiger partial charge on any atom is 0.243 e. The highest BCUT2D eigenvalue weighted by Gasteiger charge is 2.39. The molecule has 2 heterocycles. The molecule has 9 heteroatoms. The number of rotatable bonds is 7. The van der Waals surface area contributed by atoms with Crippen molar-refractivity contribution in [2.75, 3.05) is 45.9 Å². The predicted molar refractivity (Wildman–Crippen MR) is 102 cm³/mol. The largest absolute Gasteiger partial charge is 0.370 e. The molecule has 2 fully saturated rings. The van der Waals surface area contributed by atoms with Crippen LogP contribution in [0.2, 0.25) is 5.02 Å². The highest BCUT2D eigenvalue weighted by Crippen LogP contribution is 2.26. The van der Waals surface area contributed by atoms with Gasteiger partial charge in [0.15, 0.2) is 0 Å². The van der Waals surface area contributed by atoms with Crippen LogP contribution in [-0.2, 0) is 19.6 Å². The quantitative estimate of drug-likeness (QED) is 0.609. The lowest BCUT2D eigenvalue weighted by atomic mass is 10.2. The first-order chi connectivity index (χ1) is 13.0. The Morgan fingerprint density at radius 2 is 1.96 bits per heavy atom. The number of benzene rings is 1. The van der Waals surface area contributed by atoms with E-state index in [1.165, 1.54) is 21.3 Å². The smallest absolute Gasteiger partial charge is 0.243 e. The van der Waals surface area contributed by atoms with Crippen LogP contribution in [0.4, 0.5) is 0 Å². The van der Waals surface area contributed by atoms with E-state index in [2.05, 4.69) is 5.32 Å². The normalized spacial score (nSPS) is 22.0. The Morgan fingerprint density at radius 1 is 1.26 bits per heavy atom. The average molecular weight is 417 g/mol. The summed E-state index contributed by atoms with van der Waals surface area (Å²) in [6.07, 6.45) is 2.11. The van der Waals surface area contributed by atoms with Crippen molar-refractivity contribution in [2.24, 2.45) is 0 Å². The Morgan fingerprint density at radius 3 is 2.67 bits per heavy atom. The van der Waals surface area contributed by atoms with Crippen molar-refractivity contribution in [3.63, 3.8) is 0 Å². The minimum atomic E-state index is -3.70. The summed E-state index contributed by atoms with van der Waals surface area (Å²) in [5, 5.41) is 3.39. The number of hydrogen-bond acceptors (Lipinski definition) is 4. The van der Waals surface area contributed by atoms with Crippen molar-refractivity contribution < 1.29 is 22.8 Å². The van der Waals surface area contributed by atoms with Gasteiger partial charge in [-0.05, 0) is 37.1 Å². The molecule has 0 aromatic heterocycles. The van der Waals surface area contributed by atoms with Crippen molar-refractivity contribution in [1.29, 1.82) is 0 Å². The lowest BCUT2D eigenvalue weighted by molar-refractivity contribution is -0.908. The fourth-order valence-electron chi connectivity index (χ4n) is 3.61. The van der Waals surface area contributed by atoms with Gasteiger partial charge in [0.2, 0.25) is 15.9 Å². The number of carbonyl (C=O) groups excluding carboxylic acids is 1. The van der Waals surface area contributed by atoms with Crippen LogP contribution < -0.4 is 10.2 Å². The molecule has 1 aromatic carbocycles. The molecule has 150 valence electrons. The molecule has 2 saturated heterocycles. The Hall–Kier alpha value is -1.19. The van der Waals surface area contributed by atoms with Gasteiger partial charge < -0.3 is 15.0 Å². The number of morpholine rings is 1. The number of hydrogen-bond donors (Lipinski definition) is 2. The topological polar surface area (TPSA) is 80.2 Å². The van der Waals surface area contributed by atoms with Gasteiger partial charge in [0.1, 0.15) is 19.1 Å². The molecule has 1 amide bonds. The van der Waals surface area contributed by atoms with E-state index in [1.807, 2.05) is 0 Å². The van der Waals surface area contributed by atoms with E-state index >= 15 is 0 Å². The summed E-state index contributed by atoms with van der Waals surface area (Å²) in [5.41, 5.74) is 0. The van der Waals surface area contributed by atoms with Gasteiger partial charge in [-0.3, -0.25) is 4.79 Å². The number of carbonyl (C=O) groups is 1. The van der Waals surface area contributed by atoms with Gasteiger partial charge in [-0.2, -0.15) is 4.31 Å². The van der Waals surface area contributed by atoms with E-state index in [9.17, 15) is 13.2 Å². The summed E-state index contributed by atoms with van der Waals surface area (Å²) < 4.78 is 32.4. The van der Waals surface area contributed by atoms with Crippen LogP contribution in [-0.4, -0.2) is 70.6 Å². The summed E-state index contributed by atoms with van der Waals surface area (Å²) >= 11 is 5.85. The van der Waals surface area contributed by atoms with Crippen molar-refractivity contribution in [3.05, 3.63) is 29.3 Å². The molecule has 1 aromatic rings. The highest BCUT2D eigenvalue weighted by molar-refractivity contribution is 7.89. The number of halogens is 1. The summed E-state index contributed by atoms with van der Waals surface area (Å²) in [6.45, 7) is 5.51. The lowest BCUT2D eigenvalue weighted by Gasteiger charge is -2.25. The molecular weight excluding hydrogens is 390 g/mol. The van der Waals surface area contributed by atoms with Crippen LogP contribution in [0.25, 0.3) is 0 Å². The molecule has 0 spiro atoms. The van der Waals surface area contributed by atoms with Crippen molar-refractivity contribution in [2.45, 2.75) is 30.2 Å². The number of amides is 1. The van der Waals surface area contributed by atoms with Gasteiger partial charge in [0.25, 0.3) is 0 Å². The monoisotopic (exact) mass is 416 g/mol. The maximum atomic E-state index is 12.9. The molecule has 1 atom stereocenters. The average Bonchev–Trinajstić information content (AvgIpc) is 3.17. The van der Waals surface area contributed by atoms with Crippen molar-refractivity contribution in [3.8, 4) is 0 Å². The standard InChI is InChI=1S/C18H26ClN3O4S/c19-15-4-6-16(7-5-15)27(24,25)22-10-1-3-17(22)18(23)20-8-2-9-21-11-13-26-14-12-21/h4-7,17H,1-3,8-14H2,(H,20,23)/p+1/t17-/m1/s1. The van der Waals surface area contributed by atoms with Gasteiger partial charge in [-0.1, -0.05) is 11.6 Å². The molecule has 0 saturated carbocycles. The van der Waals surface area contributed by atoms with Crippen molar-refractivity contribution in [1.82, 2.24) is 9.62 Å². The zero-order valence-electron chi connectivity index (χ0n) is 15.3. The van der Waals surface area contributed by atoms with Crippen molar-refractivity contribution >= 4 is 27.5 Å². The van der Waals surface area contributed by atoms with Crippen LogP contribution in [0.3, 0.4) is 0 Å². The first-order valence-electron chi connectivity index (χ1n) is 9.45. The highest BCUT2D eigenvalue weighted by atomic mass is 35.5. The first kappa shape index (κ1) is 20.5. The molecule has 2 N–H and O–H groups in total. The second-order valence-electron chi connectivity index (χ2n) is 6.98. The van der Waals surface area contributed by atoms with Gasteiger partial charge in [-0.15, -0.1) is 0 Å². The molecule has 0 bridgehead atoms. The van der Waals surface area contributed by atoms with Crippen LogP contribution in [0.5, 0.6) is 0 Å². The van der Waals surface area contributed by atoms with Crippen LogP contribution in [0.15, 0.2) is 29.2 Å². The van der Waals surface area contributed by atoms with Gasteiger partial charge in [-0.25, -0.2) is 8.42 Å². The number of ether oxygens (including phenoxy) is 1. The summed E-state index contributed by atoms with van der Waals surface area (Å²) in [7, 11) is -3.70. The molecule has 0 aliphatic carbocycles. The Bertz CT molecular complexity index is 735. The van der Waals surface area contributed by atoms with Gasteiger partial charge in [0, 0.05) is 24.5 Å². The fraction of sp³-hybridized carbons (Fsp3) is 0.611. The number of sulfonamides is 1. The van der Waals surface area contributed by atoms with E-state index in [1.54, 1.807) is 12.1 Å². The third-order valence-electron chi connectivity index (χ3n) is 5.13. The minimum absolute atomic E-state index is 0.169. The molecular formula is C18H27ClN3O4S+. The van der Waals surface area contributed by atoms with Gasteiger partial charge in [0.05, 0.1) is 24.7 Å². The number of nitrogens with zero attached hydrogens (tertiary/aromatic N) is 1. The van der Waals surface area contributed by atoms with Crippen LogP contribution in [0.1, 0.15) is 19.3 Å². The zero-order valence-corrected chi connectivity index (χ0v) is 16.9. The molecule has 27 heavy (non-hydrogen) atoms. The van der Waals surface area contributed by atoms with Crippen LogP contribution in [0, 0.1) is 0 Å². The summed E-state index contributed by atoms with van der Waals surface area (Å²) in [4.78, 5) is 14.2. The van der Waals surface area contributed by atoms with E-state index in [0.717, 1.165) is 39.3 Å². The molecule has 7 nitrogen and oxygen atoms in total. The lowest BCUT2D eigenvalue weighted by Crippen LogP contribution is -3.14. The third kappa shape index (κ3) is 5.20. The van der Waals surface area contributed by atoms with Crippen LogP contribution >= 0.6 is 11.6 Å². The van der Waals surface area contributed by atoms with E-state index in [-0.39, 0.29) is 10.8 Å². The number of quaternary nitrogens is 1. The second kappa shape index (κ2) is 9.34. The molecule has 2 aliphatic rings. The maximum absolute atomic E-state index is 12.9. The van der Waals surface area contributed by atoms with E-state index in [0.29, 0.717) is 31.0 Å². The predicted octanol–water partition coefficient (Wildman–Crippen LogP) is -0.0855. The molecule has 0 unspecified atom stereocenters. The van der Waals surface area contributed by atoms with E-state index < -0.39 is 16.1 Å². The Kier molecular flexibility index (Phi) is 7.10. The Labute approximate surface area is 165 Å².